The Labute approximate surface area is 122 Å². The molecule has 1 unspecified atom stereocenters. The Morgan fingerprint density at radius 3 is 2.95 bits per heavy atom. The van der Waals surface area contributed by atoms with Crippen molar-refractivity contribution in [3.05, 3.63) is 24.3 Å². The highest BCUT2D eigenvalue weighted by atomic mass is 16.5. The Morgan fingerprint density at radius 2 is 2.24 bits per heavy atom. The number of carbonyl (C=O) groups excluding carboxylic acids is 1. The van der Waals surface area contributed by atoms with E-state index in [1.54, 1.807) is 24.3 Å². The van der Waals surface area contributed by atoms with Crippen molar-refractivity contribution in [1.82, 2.24) is 5.32 Å². The summed E-state index contributed by atoms with van der Waals surface area (Å²) in [5, 5.41) is 14.6. The van der Waals surface area contributed by atoms with Crippen LogP contribution in [0, 0.1) is 0 Å². The van der Waals surface area contributed by atoms with Gasteiger partial charge in [0.15, 0.2) is 6.61 Å². The van der Waals surface area contributed by atoms with Gasteiger partial charge in [0.05, 0.1) is 18.9 Å². The maximum atomic E-state index is 12.0. The van der Waals surface area contributed by atoms with Crippen molar-refractivity contribution in [3.8, 4) is 5.75 Å². The number of ether oxygens (including phenoxy) is 2. The van der Waals surface area contributed by atoms with Crippen molar-refractivity contribution >= 4 is 17.6 Å². The van der Waals surface area contributed by atoms with Crippen molar-refractivity contribution in [2.45, 2.75) is 12.5 Å². The highest BCUT2D eigenvalue weighted by molar-refractivity contribution is 5.92. The second-order valence-corrected chi connectivity index (χ2v) is 4.66. The predicted molar refractivity (Wildman–Crippen MR) is 75.4 cm³/mol. The number of amides is 1. The lowest BCUT2D eigenvalue weighted by atomic mass is 10.2. The fourth-order valence-corrected chi connectivity index (χ4v) is 2.01. The molecule has 0 radical (unpaired) electrons. The summed E-state index contributed by atoms with van der Waals surface area (Å²) in [4.78, 5) is 22.5. The third kappa shape index (κ3) is 5.05. The molecular weight excluding hydrogens is 276 g/mol. The van der Waals surface area contributed by atoms with E-state index < -0.39 is 12.6 Å². The minimum absolute atomic E-state index is 0.00847. The summed E-state index contributed by atoms with van der Waals surface area (Å²) in [7, 11) is 0. The molecule has 0 aliphatic carbocycles. The van der Waals surface area contributed by atoms with Gasteiger partial charge in [-0.1, -0.05) is 12.1 Å². The monoisotopic (exact) mass is 294 g/mol. The normalized spacial score (nSPS) is 18.0. The Hall–Kier alpha value is -2.12. The summed E-state index contributed by atoms with van der Waals surface area (Å²) < 4.78 is 10.4. The van der Waals surface area contributed by atoms with Gasteiger partial charge < -0.3 is 25.2 Å². The zero-order valence-corrected chi connectivity index (χ0v) is 11.5. The van der Waals surface area contributed by atoms with Crippen LogP contribution in [0.2, 0.25) is 0 Å². The van der Waals surface area contributed by atoms with Gasteiger partial charge in [-0.05, 0) is 12.1 Å². The summed E-state index contributed by atoms with van der Waals surface area (Å²) in [5.41, 5.74) is 0.459. The molecule has 3 N–H and O–H groups in total. The molecule has 0 bridgehead atoms. The SMILES string of the molecule is O=C(O)COc1ccccc1NC(=O)CC1COCCN1. The fraction of sp³-hybridized carbons (Fsp3) is 0.429. The summed E-state index contributed by atoms with van der Waals surface area (Å²) in [6, 6.07) is 6.72. The molecule has 0 spiro atoms. The smallest absolute Gasteiger partial charge is 0.341 e. The van der Waals surface area contributed by atoms with Crippen LogP contribution in [-0.4, -0.2) is 49.4 Å². The molecule has 7 heteroatoms. The van der Waals surface area contributed by atoms with E-state index in [9.17, 15) is 9.59 Å². The van der Waals surface area contributed by atoms with Gasteiger partial charge in [-0.3, -0.25) is 4.79 Å². The molecule has 1 saturated heterocycles. The Bertz CT molecular complexity index is 500. The molecule has 0 saturated carbocycles. The van der Waals surface area contributed by atoms with E-state index in [1.165, 1.54) is 0 Å². The van der Waals surface area contributed by atoms with Crippen molar-refractivity contribution in [3.63, 3.8) is 0 Å². The Balaban J connectivity index is 1.91. The first kappa shape index (κ1) is 15.3. The van der Waals surface area contributed by atoms with Gasteiger partial charge >= 0.3 is 5.97 Å². The van der Waals surface area contributed by atoms with Gasteiger partial charge in [-0.25, -0.2) is 4.79 Å². The molecule has 2 rings (SSSR count). The highest BCUT2D eigenvalue weighted by Crippen LogP contribution is 2.23. The average Bonchev–Trinajstić information content (AvgIpc) is 2.47. The molecule has 1 fully saturated rings. The maximum absolute atomic E-state index is 12.0. The molecule has 1 heterocycles. The minimum Gasteiger partial charge on any atom is -0.480 e. The number of carbonyl (C=O) groups is 2. The third-order valence-electron chi connectivity index (χ3n) is 2.94. The molecule has 1 aromatic carbocycles. The van der Waals surface area contributed by atoms with Crippen LogP contribution in [-0.2, 0) is 14.3 Å². The first-order chi connectivity index (χ1) is 10.1. The number of hydrogen-bond acceptors (Lipinski definition) is 5. The molecule has 1 aliphatic heterocycles. The van der Waals surface area contributed by atoms with E-state index in [-0.39, 0.29) is 18.4 Å². The molecule has 114 valence electrons. The van der Waals surface area contributed by atoms with Gasteiger partial charge in [0.2, 0.25) is 5.91 Å². The summed E-state index contributed by atoms with van der Waals surface area (Å²) >= 11 is 0. The van der Waals surface area contributed by atoms with Crippen molar-refractivity contribution in [2.24, 2.45) is 0 Å². The van der Waals surface area contributed by atoms with E-state index in [2.05, 4.69) is 10.6 Å². The molecule has 1 amide bonds. The molecule has 1 aliphatic rings. The lowest BCUT2D eigenvalue weighted by Crippen LogP contribution is -2.43. The summed E-state index contributed by atoms with van der Waals surface area (Å²) in [6.07, 6.45) is 0.285. The number of nitrogens with one attached hydrogen (secondary N) is 2. The second kappa shape index (κ2) is 7.61. The number of para-hydroxylation sites is 2. The highest BCUT2D eigenvalue weighted by Gasteiger charge is 2.17. The number of benzene rings is 1. The van der Waals surface area contributed by atoms with E-state index in [0.717, 1.165) is 6.54 Å². The van der Waals surface area contributed by atoms with Gasteiger partial charge in [-0.2, -0.15) is 0 Å². The number of rotatable bonds is 6. The number of hydrogen-bond donors (Lipinski definition) is 3. The number of anilines is 1. The second-order valence-electron chi connectivity index (χ2n) is 4.66. The van der Waals surface area contributed by atoms with Gasteiger partial charge in [0, 0.05) is 19.0 Å². The van der Waals surface area contributed by atoms with E-state index in [4.69, 9.17) is 14.6 Å². The van der Waals surface area contributed by atoms with Crippen LogP contribution < -0.4 is 15.4 Å². The van der Waals surface area contributed by atoms with Crippen molar-refractivity contribution in [2.75, 3.05) is 31.7 Å². The number of carboxylic acids is 1. The third-order valence-corrected chi connectivity index (χ3v) is 2.94. The largest absolute Gasteiger partial charge is 0.480 e. The standard InChI is InChI=1S/C14H18N2O5/c17-13(7-10-8-20-6-5-15-10)16-11-3-1-2-4-12(11)21-9-14(18)19/h1-4,10,15H,5-9H2,(H,16,17)(H,18,19). The molecule has 7 nitrogen and oxygen atoms in total. The fourth-order valence-electron chi connectivity index (χ4n) is 2.01. The lowest BCUT2D eigenvalue weighted by Gasteiger charge is -2.23. The predicted octanol–water partition coefficient (Wildman–Crippen LogP) is 0.467. The van der Waals surface area contributed by atoms with Gasteiger partial charge in [0.25, 0.3) is 0 Å². The number of aliphatic carboxylic acids is 1. The zero-order chi connectivity index (χ0) is 15.1. The van der Waals surface area contributed by atoms with Crippen LogP contribution in [0.1, 0.15) is 6.42 Å². The number of carboxylic acid groups (broad SMARTS) is 1. The zero-order valence-electron chi connectivity index (χ0n) is 11.5. The summed E-state index contributed by atoms with van der Waals surface area (Å²) in [6.45, 7) is 1.44. The lowest BCUT2D eigenvalue weighted by molar-refractivity contribution is -0.139. The first-order valence-corrected chi connectivity index (χ1v) is 6.70. The van der Waals surface area contributed by atoms with E-state index in [0.29, 0.717) is 24.7 Å². The molecular formula is C14H18N2O5. The molecule has 1 aromatic rings. The minimum atomic E-state index is -1.07. The van der Waals surface area contributed by atoms with Crippen LogP contribution in [0.3, 0.4) is 0 Å². The summed E-state index contributed by atoms with van der Waals surface area (Å²) in [5.74, 6) is -0.912. The quantitative estimate of drug-likeness (QED) is 0.705. The van der Waals surface area contributed by atoms with Crippen LogP contribution in [0.15, 0.2) is 24.3 Å². The van der Waals surface area contributed by atoms with Gasteiger partial charge in [0.1, 0.15) is 5.75 Å². The Morgan fingerprint density at radius 1 is 1.43 bits per heavy atom. The van der Waals surface area contributed by atoms with Crippen LogP contribution in [0.4, 0.5) is 5.69 Å². The molecule has 1 atom stereocenters. The van der Waals surface area contributed by atoms with E-state index >= 15 is 0 Å². The van der Waals surface area contributed by atoms with Crippen molar-refractivity contribution in [1.29, 1.82) is 0 Å². The van der Waals surface area contributed by atoms with Crippen LogP contribution >= 0.6 is 0 Å². The van der Waals surface area contributed by atoms with E-state index in [1.807, 2.05) is 0 Å². The van der Waals surface area contributed by atoms with Crippen LogP contribution in [0.25, 0.3) is 0 Å². The van der Waals surface area contributed by atoms with Crippen molar-refractivity contribution < 1.29 is 24.2 Å². The maximum Gasteiger partial charge on any atom is 0.341 e. The van der Waals surface area contributed by atoms with Crippen LogP contribution in [0.5, 0.6) is 5.75 Å². The van der Waals surface area contributed by atoms with Gasteiger partial charge in [-0.15, -0.1) is 0 Å². The number of morpholine rings is 1. The molecule has 21 heavy (non-hydrogen) atoms. The average molecular weight is 294 g/mol. The topological polar surface area (TPSA) is 96.9 Å². The molecule has 0 aromatic heterocycles. The first-order valence-electron chi connectivity index (χ1n) is 6.70. The Kier molecular flexibility index (Phi) is 5.53.